The van der Waals surface area contributed by atoms with E-state index in [1.54, 1.807) is 6.92 Å². The zero-order chi connectivity index (χ0) is 20.2. The van der Waals surface area contributed by atoms with Crippen molar-refractivity contribution in [2.24, 2.45) is 0 Å². The number of nitrogens with zero attached hydrogens (tertiary/aromatic N) is 1. The van der Waals surface area contributed by atoms with Crippen LogP contribution in [0.3, 0.4) is 0 Å². The third-order valence-electron chi connectivity index (χ3n) is 3.89. The number of aryl methyl sites for hydroxylation is 1. The van der Waals surface area contributed by atoms with Gasteiger partial charge in [0.2, 0.25) is 10.0 Å². The maximum Gasteiger partial charge on any atom is 0.272 e. The molecule has 2 rings (SSSR count). The molecule has 0 unspecified atom stereocenters. The Kier molecular flexibility index (Phi) is 6.96. The van der Waals surface area contributed by atoms with Crippen molar-refractivity contribution in [3.05, 3.63) is 47.0 Å². The van der Waals surface area contributed by atoms with Gasteiger partial charge in [-0.05, 0) is 37.6 Å². The standard InChI is InChI=1S/C17H20ClF2N3O3S/c1-3-11(2)22-27(25,26)13-9-16(23(10-13)7-6-19)17(24)21-12-4-5-15(20)14(18)8-12/h4-5,8-11,22H,3,6-7H2,1-2H3,(H,21,24)/t11-/m1/s1. The summed E-state index contributed by atoms with van der Waals surface area (Å²) in [5.74, 6) is -1.31. The first-order chi connectivity index (χ1) is 12.7. The highest BCUT2D eigenvalue weighted by molar-refractivity contribution is 7.89. The zero-order valence-electron chi connectivity index (χ0n) is 14.8. The molecule has 0 aliphatic heterocycles. The number of carbonyl (C=O) groups is 1. The number of amides is 1. The largest absolute Gasteiger partial charge is 0.339 e. The van der Waals surface area contributed by atoms with Crippen molar-refractivity contribution in [2.45, 2.75) is 37.8 Å². The molecule has 1 amide bonds. The summed E-state index contributed by atoms with van der Waals surface area (Å²) in [5, 5.41) is 2.32. The fourth-order valence-corrected chi connectivity index (χ4v) is 3.83. The van der Waals surface area contributed by atoms with Gasteiger partial charge in [0, 0.05) is 17.9 Å². The molecule has 0 fully saturated rings. The highest BCUT2D eigenvalue weighted by Gasteiger charge is 2.23. The molecule has 0 saturated carbocycles. The molecule has 148 valence electrons. The number of nitrogens with one attached hydrogen (secondary N) is 2. The number of sulfonamides is 1. The fourth-order valence-electron chi connectivity index (χ4n) is 2.28. The van der Waals surface area contributed by atoms with Crippen LogP contribution in [0.1, 0.15) is 30.8 Å². The van der Waals surface area contributed by atoms with E-state index >= 15 is 0 Å². The molecular weight excluding hydrogens is 400 g/mol. The smallest absolute Gasteiger partial charge is 0.272 e. The summed E-state index contributed by atoms with van der Waals surface area (Å²) < 4.78 is 54.6. The lowest BCUT2D eigenvalue weighted by atomic mass is 10.3. The zero-order valence-corrected chi connectivity index (χ0v) is 16.4. The van der Waals surface area contributed by atoms with Gasteiger partial charge in [-0.2, -0.15) is 0 Å². The summed E-state index contributed by atoms with van der Waals surface area (Å²) in [7, 11) is -3.85. The minimum absolute atomic E-state index is 0.0439. The molecule has 27 heavy (non-hydrogen) atoms. The average molecular weight is 420 g/mol. The summed E-state index contributed by atoms with van der Waals surface area (Å²) in [5.41, 5.74) is 0.180. The Balaban J connectivity index is 2.33. The van der Waals surface area contributed by atoms with E-state index < -0.39 is 28.4 Å². The number of alkyl halides is 1. The van der Waals surface area contributed by atoms with Crippen LogP contribution in [0.2, 0.25) is 5.02 Å². The molecule has 1 aromatic carbocycles. The monoisotopic (exact) mass is 419 g/mol. The summed E-state index contributed by atoms with van der Waals surface area (Å²) in [6, 6.07) is 4.49. The Labute approximate surface area is 161 Å². The van der Waals surface area contributed by atoms with Crippen molar-refractivity contribution in [1.82, 2.24) is 9.29 Å². The first-order valence-corrected chi connectivity index (χ1v) is 10.1. The van der Waals surface area contributed by atoms with E-state index in [0.717, 1.165) is 6.07 Å². The average Bonchev–Trinajstić information content (AvgIpc) is 3.03. The van der Waals surface area contributed by atoms with Crippen LogP contribution < -0.4 is 10.0 Å². The molecule has 0 radical (unpaired) electrons. The van der Waals surface area contributed by atoms with Gasteiger partial charge >= 0.3 is 0 Å². The van der Waals surface area contributed by atoms with Gasteiger partial charge < -0.3 is 9.88 Å². The highest BCUT2D eigenvalue weighted by atomic mass is 35.5. The lowest BCUT2D eigenvalue weighted by Crippen LogP contribution is -2.31. The number of aromatic nitrogens is 1. The van der Waals surface area contributed by atoms with Gasteiger partial charge in [-0.25, -0.2) is 21.9 Å². The van der Waals surface area contributed by atoms with Crippen molar-refractivity contribution < 1.29 is 22.0 Å². The number of rotatable bonds is 8. The quantitative estimate of drug-likeness (QED) is 0.686. The summed E-state index contributed by atoms with van der Waals surface area (Å²) in [6.45, 7) is 2.57. The topological polar surface area (TPSA) is 80.2 Å². The molecule has 1 heterocycles. The van der Waals surface area contributed by atoms with Gasteiger partial charge in [0.05, 0.1) is 11.6 Å². The normalized spacial score (nSPS) is 12.8. The van der Waals surface area contributed by atoms with Crippen molar-refractivity contribution >= 4 is 33.2 Å². The maximum atomic E-state index is 13.2. The van der Waals surface area contributed by atoms with Crippen LogP contribution in [0.4, 0.5) is 14.5 Å². The van der Waals surface area contributed by atoms with Crippen molar-refractivity contribution in [2.75, 3.05) is 12.0 Å². The molecule has 10 heteroatoms. The van der Waals surface area contributed by atoms with Gasteiger partial charge in [-0.15, -0.1) is 0 Å². The van der Waals surface area contributed by atoms with Gasteiger partial charge in [0.1, 0.15) is 23.1 Å². The SMILES string of the molecule is CC[C@@H](C)NS(=O)(=O)c1cc(C(=O)Nc2ccc(F)c(Cl)c2)n(CCF)c1. The third-order valence-corrected chi connectivity index (χ3v) is 5.73. The van der Waals surface area contributed by atoms with Crippen LogP contribution in [0, 0.1) is 5.82 Å². The molecule has 0 aliphatic rings. The molecule has 0 aliphatic carbocycles. The predicted octanol–water partition coefficient (Wildman–Crippen LogP) is 3.58. The van der Waals surface area contributed by atoms with Gasteiger partial charge in [0.15, 0.2) is 0 Å². The number of carbonyl (C=O) groups excluding carboxylic acids is 1. The number of hydrogen-bond acceptors (Lipinski definition) is 3. The number of anilines is 1. The predicted molar refractivity (Wildman–Crippen MR) is 99.8 cm³/mol. The lowest BCUT2D eigenvalue weighted by molar-refractivity contribution is 0.101. The molecule has 1 atom stereocenters. The maximum absolute atomic E-state index is 13.2. The Bertz CT molecular complexity index is 932. The molecule has 2 N–H and O–H groups in total. The minimum Gasteiger partial charge on any atom is -0.339 e. The Morgan fingerprint density at radius 1 is 1.33 bits per heavy atom. The van der Waals surface area contributed by atoms with Gasteiger partial charge in [-0.1, -0.05) is 18.5 Å². The fraction of sp³-hybridized carbons (Fsp3) is 0.353. The van der Waals surface area contributed by atoms with Crippen LogP contribution in [0.25, 0.3) is 0 Å². The first kappa shape index (κ1) is 21.3. The molecule has 0 bridgehead atoms. The second-order valence-corrected chi connectivity index (χ2v) is 8.08. The van der Waals surface area contributed by atoms with Crippen molar-refractivity contribution in [3.63, 3.8) is 0 Å². The van der Waals surface area contributed by atoms with E-state index in [0.29, 0.717) is 6.42 Å². The van der Waals surface area contributed by atoms with Crippen LogP contribution in [-0.2, 0) is 16.6 Å². The summed E-state index contributed by atoms with van der Waals surface area (Å²) in [4.78, 5) is 12.4. The van der Waals surface area contributed by atoms with E-state index in [9.17, 15) is 22.0 Å². The van der Waals surface area contributed by atoms with E-state index in [1.807, 2.05) is 6.92 Å². The summed E-state index contributed by atoms with van der Waals surface area (Å²) >= 11 is 5.68. The van der Waals surface area contributed by atoms with Crippen molar-refractivity contribution in [3.8, 4) is 0 Å². The van der Waals surface area contributed by atoms with Crippen LogP contribution in [0.5, 0.6) is 0 Å². The van der Waals surface area contributed by atoms with Crippen molar-refractivity contribution in [1.29, 1.82) is 0 Å². The van der Waals surface area contributed by atoms with Gasteiger partial charge in [0.25, 0.3) is 5.91 Å². The molecule has 0 saturated heterocycles. The molecular formula is C17H20ClF2N3O3S. The van der Waals surface area contributed by atoms with E-state index in [2.05, 4.69) is 10.0 Å². The Morgan fingerprint density at radius 3 is 2.63 bits per heavy atom. The Hall–Kier alpha value is -1.97. The van der Waals surface area contributed by atoms with E-state index in [-0.39, 0.29) is 33.9 Å². The molecule has 1 aromatic heterocycles. The first-order valence-electron chi connectivity index (χ1n) is 8.22. The molecule has 2 aromatic rings. The lowest BCUT2D eigenvalue weighted by Gasteiger charge is -2.10. The number of halogens is 3. The van der Waals surface area contributed by atoms with Crippen LogP contribution >= 0.6 is 11.6 Å². The second-order valence-electron chi connectivity index (χ2n) is 5.96. The third kappa shape index (κ3) is 5.27. The Morgan fingerprint density at radius 2 is 2.04 bits per heavy atom. The highest BCUT2D eigenvalue weighted by Crippen LogP contribution is 2.21. The minimum atomic E-state index is -3.85. The van der Waals surface area contributed by atoms with E-state index in [1.165, 1.54) is 29.0 Å². The number of hydrogen-bond donors (Lipinski definition) is 2. The summed E-state index contributed by atoms with van der Waals surface area (Å²) in [6.07, 6.45) is 1.79. The molecule has 0 spiro atoms. The van der Waals surface area contributed by atoms with Gasteiger partial charge in [-0.3, -0.25) is 4.79 Å². The van der Waals surface area contributed by atoms with Crippen LogP contribution in [-0.4, -0.2) is 31.6 Å². The second kappa shape index (κ2) is 8.81. The molecule has 6 nitrogen and oxygen atoms in total. The van der Waals surface area contributed by atoms with Crippen LogP contribution in [0.15, 0.2) is 35.4 Å². The number of benzene rings is 1. The van der Waals surface area contributed by atoms with E-state index in [4.69, 9.17) is 11.6 Å².